The number of hydrogen-bond donors (Lipinski definition) is 0. The molecule has 30 heavy (non-hydrogen) atoms. The second-order valence-corrected chi connectivity index (χ2v) is 8.13. The standard InChI is InChI=1S/C21H22N6O3/c1-14-23-20(30-24-14)21-11-26(18(28)15-6-4-3-5-7-15)9-16(21)10-27(12-21)19(29)17-8-22-13-25(17)2/h3-8,13,16H,9-12H2,1-2H3. The number of aryl methyl sites for hydroxylation is 2. The minimum Gasteiger partial charge on any atom is -0.339 e. The van der Waals surface area contributed by atoms with Gasteiger partial charge in [-0.25, -0.2) is 4.98 Å². The van der Waals surface area contributed by atoms with Crippen LogP contribution in [0.5, 0.6) is 0 Å². The average molecular weight is 406 g/mol. The summed E-state index contributed by atoms with van der Waals surface area (Å²) in [5.74, 6) is 0.948. The third-order valence-electron chi connectivity index (χ3n) is 6.19. The van der Waals surface area contributed by atoms with Crippen molar-refractivity contribution in [2.45, 2.75) is 12.3 Å². The molecule has 154 valence electrons. The van der Waals surface area contributed by atoms with Crippen molar-refractivity contribution in [3.63, 3.8) is 0 Å². The van der Waals surface area contributed by atoms with Gasteiger partial charge >= 0.3 is 0 Å². The Morgan fingerprint density at radius 2 is 1.80 bits per heavy atom. The summed E-state index contributed by atoms with van der Waals surface area (Å²) < 4.78 is 7.29. The molecule has 2 atom stereocenters. The van der Waals surface area contributed by atoms with Crippen molar-refractivity contribution in [1.82, 2.24) is 29.5 Å². The first-order valence-electron chi connectivity index (χ1n) is 9.88. The van der Waals surface area contributed by atoms with Crippen LogP contribution in [0.15, 0.2) is 47.4 Å². The Balaban J connectivity index is 1.46. The molecule has 9 heteroatoms. The maximum Gasteiger partial charge on any atom is 0.272 e. The van der Waals surface area contributed by atoms with Gasteiger partial charge in [0, 0.05) is 44.7 Å². The van der Waals surface area contributed by atoms with E-state index in [2.05, 4.69) is 15.1 Å². The first-order chi connectivity index (χ1) is 14.5. The van der Waals surface area contributed by atoms with Gasteiger partial charge in [-0.1, -0.05) is 23.4 Å². The van der Waals surface area contributed by atoms with Crippen LogP contribution < -0.4 is 0 Å². The lowest BCUT2D eigenvalue weighted by Crippen LogP contribution is -2.41. The number of fused-ring (bicyclic) bond motifs is 1. The van der Waals surface area contributed by atoms with E-state index < -0.39 is 5.41 Å². The van der Waals surface area contributed by atoms with E-state index in [1.807, 2.05) is 40.1 Å². The average Bonchev–Trinajstić information content (AvgIpc) is 3.50. The topological polar surface area (TPSA) is 97.4 Å². The number of carbonyl (C=O) groups excluding carboxylic acids is 2. The Morgan fingerprint density at radius 3 is 2.40 bits per heavy atom. The molecule has 4 heterocycles. The Morgan fingerprint density at radius 1 is 1.10 bits per heavy atom. The van der Waals surface area contributed by atoms with Gasteiger partial charge in [-0.3, -0.25) is 9.59 Å². The molecule has 2 amide bonds. The molecule has 2 fully saturated rings. The van der Waals surface area contributed by atoms with Crippen molar-refractivity contribution >= 4 is 11.8 Å². The van der Waals surface area contributed by atoms with Crippen LogP contribution in [-0.2, 0) is 12.5 Å². The molecule has 3 aromatic rings. The van der Waals surface area contributed by atoms with Crippen LogP contribution >= 0.6 is 0 Å². The molecule has 0 N–H and O–H groups in total. The lowest BCUT2D eigenvalue weighted by molar-refractivity contribution is 0.0722. The number of benzene rings is 1. The third-order valence-corrected chi connectivity index (χ3v) is 6.19. The van der Waals surface area contributed by atoms with Gasteiger partial charge < -0.3 is 18.9 Å². The van der Waals surface area contributed by atoms with Crippen molar-refractivity contribution in [3.8, 4) is 0 Å². The van der Waals surface area contributed by atoms with Gasteiger partial charge in [0.05, 0.1) is 17.9 Å². The minimum absolute atomic E-state index is 0.0159. The highest BCUT2D eigenvalue weighted by molar-refractivity contribution is 5.95. The SMILES string of the molecule is Cc1noc(C23CN(C(=O)c4ccccc4)CC2CN(C(=O)c2cncn2C)C3)n1. The molecule has 2 unspecified atom stereocenters. The summed E-state index contributed by atoms with van der Waals surface area (Å²) >= 11 is 0. The summed E-state index contributed by atoms with van der Waals surface area (Å²) in [4.78, 5) is 38.4. The zero-order valence-electron chi connectivity index (χ0n) is 16.9. The number of likely N-dealkylation sites (tertiary alicyclic amines) is 2. The molecule has 1 aromatic carbocycles. The number of amides is 2. The molecule has 0 bridgehead atoms. The molecule has 2 aromatic heterocycles. The van der Waals surface area contributed by atoms with Crippen LogP contribution in [0.1, 0.15) is 32.6 Å². The van der Waals surface area contributed by atoms with Gasteiger partial charge in [0.2, 0.25) is 5.89 Å². The first kappa shape index (κ1) is 18.5. The smallest absolute Gasteiger partial charge is 0.272 e. The first-order valence-corrected chi connectivity index (χ1v) is 9.88. The Kier molecular flexibility index (Phi) is 4.19. The fourth-order valence-corrected chi connectivity index (χ4v) is 4.66. The molecule has 2 aliphatic rings. The molecular weight excluding hydrogens is 384 g/mol. The number of nitrogens with zero attached hydrogens (tertiary/aromatic N) is 6. The molecule has 0 aliphatic carbocycles. The lowest BCUT2D eigenvalue weighted by Gasteiger charge is -2.26. The van der Waals surface area contributed by atoms with E-state index >= 15 is 0 Å². The van der Waals surface area contributed by atoms with E-state index in [0.717, 1.165) is 0 Å². The molecule has 0 spiro atoms. The fraction of sp³-hybridized carbons (Fsp3) is 0.381. The number of rotatable bonds is 3. The second kappa shape index (κ2) is 6.79. The summed E-state index contributed by atoms with van der Waals surface area (Å²) in [5, 5.41) is 3.97. The van der Waals surface area contributed by atoms with Crippen molar-refractivity contribution in [3.05, 3.63) is 65.8 Å². The minimum atomic E-state index is -0.569. The van der Waals surface area contributed by atoms with E-state index in [0.29, 0.717) is 49.2 Å². The van der Waals surface area contributed by atoms with Crippen molar-refractivity contribution < 1.29 is 14.1 Å². The van der Waals surface area contributed by atoms with Crippen LogP contribution in [0, 0.1) is 12.8 Å². The Bertz CT molecular complexity index is 1110. The predicted octanol–water partition coefficient (Wildman–Crippen LogP) is 1.28. The molecule has 2 saturated heterocycles. The summed E-state index contributed by atoms with van der Waals surface area (Å²) in [6, 6.07) is 9.24. The van der Waals surface area contributed by atoms with Gasteiger partial charge in [-0.2, -0.15) is 4.98 Å². The lowest BCUT2D eigenvalue weighted by atomic mass is 9.81. The van der Waals surface area contributed by atoms with Crippen LogP contribution in [0.3, 0.4) is 0 Å². The monoisotopic (exact) mass is 406 g/mol. The normalized spacial score (nSPS) is 23.1. The summed E-state index contributed by atoms with van der Waals surface area (Å²) in [6.45, 7) is 3.67. The maximum absolute atomic E-state index is 13.1. The highest BCUT2D eigenvalue weighted by atomic mass is 16.5. The van der Waals surface area contributed by atoms with Gasteiger partial charge in [0.15, 0.2) is 5.82 Å². The van der Waals surface area contributed by atoms with Crippen LogP contribution in [0.2, 0.25) is 0 Å². The van der Waals surface area contributed by atoms with E-state index in [9.17, 15) is 9.59 Å². The summed E-state index contributed by atoms with van der Waals surface area (Å²) in [6.07, 6.45) is 3.19. The van der Waals surface area contributed by atoms with Crippen LogP contribution in [0.25, 0.3) is 0 Å². The number of imidazole rings is 1. The van der Waals surface area contributed by atoms with Crippen molar-refractivity contribution in [2.24, 2.45) is 13.0 Å². The van der Waals surface area contributed by atoms with Gasteiger partial charge in [0.1, 0.15) is 5.69 Å². The largest absolute Gasteiger partial charge is 0.339 e. The highest BCUT2D eigenvalue weighted by Crippen LogP contribution is 2.45. The number of hydrogen-bond acceptors (Lipinski definition) is 6. The molecule has 2 aliphatic heterocycles. The van der Waals surface area contributed by atoms with E-state index in [1.54, 1.807) is 31.1 Å². The Labute approximate surface area is 173 Å². The zero-order valence-corrected chi connectivity index (χ0v) is 16.9. The van der Waals surface area contributed by atoms with E-state index in [4.69, 9.17) is 4.52 Å². The van der Waals surface area contributed by atoms with Crippen LogP contribution in [0.4, 0.5) is 0 Å². The molecule has 0 saturated carbocycles. The molecule has 9 nitrogen and oxygen atoms in total. The van der Waals surface area contributed by atoms with Gasteiger partial charge in [0.25, 0.3) is 11.8 Å². The van der Waals surface area contributed by atoms with Gasteiger partial charge in [-0.05, 0) is 19.1 Å². The van der Waals surface area contributed by atoms with Crippen LogP contribution in [-0.4, -0.2) is 67.5 Å². The highest BCUT2D eigenvalue weighted by Gasteiger charge is 2.59. The van der Waals surface area contributed by atoms with E-state index in [1.165, 1.54) is 0 Å². The van der Waals surface area contributed by atoms with Crippen molar-refractivity contribution in [2.75, 3.05) is 26.2 Å². The maximum atomic E-state index is 13.1. The third kappa shape index (κ3) is 2.80. The quantitative estimate of drug-likeness (QED) is 0.650. The Hall–Kier alpha value is -3.49. The molecule has 5 rings (SSSR count). The fourth-order valence-electron chi connectivity index (χ4n) is 4.66. The number of aromatic nitrogens is 4. The summed E-state index contributed by atoms with van der Waals surface area (Å²) in [7, 11) is 1.80. The molecule has 0 radical (unpaired) electrons. The zero-order chi connectivity index (χ0) is 20.9. The number of carbonyl (C=O) groups is 2. The molecular formula is C21H22N6O3. The summed E-state index contributed by atoms with van der Waals surface area (Å²) in [5.41, 5.74) is 0.612. The van der Waals surface area contributed by atoms with E-state index in [-0.39, 0.29) is 17.7 Å². The second-order valence-electron chi connectivity index (χ2n) is 8.13. The van der Waals surface area contributed by atoms with Gasteiger partial charge in [-0.15, -0.1) is 0 Å². The predicted molar refractivity (Wildman–Crippen MR) is 106 cm³/mol. The van der Waals surface area contributed by atoms with Crippen molar-refractivity contribution in [1.29, 1.82) is 0 Å².